The van der Waals surface area contributed by atoms with Gasteiger partial charge in [0.2, 0.25) is 0 Å². The Morgan fingerprint density at radius 1 is 1.63 bits per heavy atom. The summed E-state index contributed by atoms with van der Waals surface area (Å²) >= 11 is 3.43. The quantitative estimate of drug-likeness (QED) is 0.873. The standard InChI is InChI=1S/C14H22BrN3O/c1-10(2)18-9-12(15)7-13(18)14(19)17-6-4-11-3-5-16-8-11/h7,9-11,16H,3-6,8H2,1-2H3,(H,17,19). The zero-order chi connectivity index (χ0) is 13.8. The second kappa shape index (κ2) is 6.57. The number of halogens is 1. The summed E-state index contributed by atoms with van der Waals surface area (Å²) in [4.78, 5) is 12.2. The fraction of sp³-hybridized carbons (Fsp3) is 0.643. The molecule has 0 radical (unpaired) electrons. The Kier molecular flexibility index (Phi) is 5.05. The van der Waals surface area contributed by atoms with Crippen molar-refractivity contribution >= 4 is 21.8 Å². The van der Waals surface area contributed by atoms with Gasteiger partial charge in [-0.1, -0.05) is 0 Å². The summed E-state index contributed by atoms with van der Waals surface area (Å²) in [6.07, 6.45) is 4.24. The summed E-state index contributed by atoms with van der Waals surface area (Å²) in [6.45, 7) is 7.11. The Hall–Kier alpha value is -0.810. The van der Waals surface area contributed by atoms with Gasteiger partial charge < -0.3 is 15.2 Å². The van der Waals surface area contributed by atoms with Crippen LogP contribution < -0.4 is 10.6 Å². The lowest BCUT2D eigenvalue weighted by Crippen LogP contribution is -2.28. The minimum atomic E-state index is 0.0188. The van der Waals surface area contributed by atoms with Crippen molar-refractivity contribution < 1.29 is 4.79 Å². The highest BCUT2D eigenvalue weighted by molar-refractivity contribution is 9.10. The molecular weight excluding hydrogens is 306 g/mol. The van der Waals surface area contributed by atoms with Crippen LogP contribution in [0.3, 0.4) is 0 Å². The Morgan fingerprint density at radius 2 is 2.42 bits per heavy atom. The molecule has 1 unspecified atom stereocenters. The number of aromatic nitrogens is 1. The van der Waals surface area contributed by atoms with Gasteiger partial charge in [0.1, 0.15) is 5.69 Å². The fourth-order valence-corrected chi connectivity index (χ4v) is 2.93. The minimum Gasteiger partial charge on any atom is -0.351 e. The molecule has 1 fully saturated rings. The fourth-order valence-electron chi connectivity index (χ4n) is 2.50. The maximum atomic E-state index is 12.2. The van der Waals surface area contributed by atoms with Crippen LogP contribution in [-0.2, 0) is 0 Å². The number of nitrogens with zero attached hydrogens (tertiary/aromatic N) is 1. The molecule has 1 aliphatic rings. The summed E-state index contributed by atoms with van der Waals surface area (Å²) in [5, 5.41) is 6.37. The van der Waals surface area contributed by atoms with Gasteiger partial charge in [-0.2, -0.15) is 0 Å². The van der Waals surface area contributed by atoms with Crippen molar-refractivity contribution in [3.63, 3.8) is 0 Å². The average molecular weight is 328 g/mol. The van der Waals surface area contributed by atoms with Crippen molar-refractivity contribution in [3.05, 3.63) is 22.4 Å². The Labute approximate surface area is 123 Å². The Bertz CT molecular complexity index is 436. The second-order valence-corrected chi connectivity index (χ2v) is 6.36. The molecule has 0 saturated carbocycles. The zero-order valence-electron chi connectivity index (χ0n) is 11.6. The van der Waals surface area contributed by atoms with Gasteiger partial charge in [-0.15, -0.1) is 0 Å². The highest BCUT2D eigenvalue weighted by atomic mass is 79.9. The number of carbonyl (C=O) groups is 1. The van der Waals surface area contributed by atoms with E-state index in [4.69, 9.17) is 0 Å². The lowest BCUT2D eigenvalue weighted by atomic mass is 10.1. The summed E-state index contributed by atoms with van der Waals surface area (Å²) in [5.74, 6) is 0.731. The second-order valence-electron chi connectivity index (χ2n) is 5.45. The SMILES string of the molecule is CC(C)n1cc(Br)cc1C(=O)NCCC1CCNC1. The topological polar surface area (TPSA) is 46.1 Å². The normalized spacial score (nSPS) is 19.1. The molecular formula is C14H22BrN3O. The third-order valence-corrected chi connectivity index (χ3v) is 4.04. The van der Waals surface area contributed by atoms with Gasteiger partial charge in [-0.25, -0.2) is 0 Å². The van der Waals surface area contributed by atoms with E-state index in [0.29, 0.717) is 5.92 Å². The van der Waals surface area contributed by atoms with Gasteiger partial charge in [0.25, 0.3) is 5.91 Å². The van der Waals surface area contributed by atoms with E-state index >= 15 is 0 Å². The maximum absolute atomic E-state index is 12.2. The molecule has 1 aromatic rings. The molecule has 1 aromatic heterocycles. The van der Waals surface area contributed by atoms with Gasteiger partial charge in [-0.05, 0) is 67.7 Å². The van der Waals surface area contributed by atoms with Crippen LogP contribution in [0.1, 0.15) is 43.2 Å². The molecule has 2 rings (SSSR count). The molecule has 2 N–H and O–H groups in total. The predicted octanol–water partition coefficient (Wildman–Crippen LogP) is 2.56. The smallest absolute Gasteiger partial charge is 0.267 e. The van der Waals surface area contributed by atoms with Crippen molar-refractivity contribution in [2.75, 3.05) is 19.6 Å². The third-order valence-electron chi connectivity index (χ3n) is 3.60. The van der Waals surface area contributed by atoms with Crippen LogP contribution in [0.4, 0.5) is 0 Å². The van der Waals surface area contributed by atoms with E-state index in [0.717, 1.165) is 36.2 Å². The predicted molar refractivity (Wildman–Crippen MR) is 80.4 cm³/mol. The van der Waals surface area contributed by atoms with Gasteiger partial charge in [-0.3, -0.25) is 4.79 Å². The Balaban J connectivity index is 1.88. The number of amides is 1. The van der Waals surface area contributed by atoms with Crippen molar-refractivity contribution in [1.29, 1.82) is 0 Å². The molecule has 4 nitrogen and oxygen atoms in total. The molecule has 0 aromatic carbocycles. The molecule has 1 amide bonds. The number of rotatable bonds is 5. The van der Waals surface area contributed by atoms with Crippen LogP contribution in [0, 0.1) is 5.92 Å². The molecule has 0 bridgehead atoms. The van der Waals surface area contributed by atoms with Crippen molar-refractivity contribution in [1.82, 2.24) is 15.2 Å². The molecule has 0 spiro atoms. The molecule has 19 heavy (non-hydrogen) atoms. The van der Waals surface area contributed by atoms with Gasteiger partial charge in [0.05, 0.1) is 0 Å². The number of carbonyl (C=O) groups excluding carboxylic acids is 1. The molecule has 1 saturated heterocycles. The first-order valence-electron chi connectivity index (χ1n) is 6.94. The van der Waals surface area contributed by atoms with Crippen LogP contribution >= 0.6 is 15.9 Å². The Morgan fingerprint density at radius 3 is 3.05 bits per heavy atom. The third kappa shape index (κ3) is 3.83. The highest BCUT2D eigenvalue weighted by Crippen LogP contribution is 2.19. The average Bonchev–Trinajstić information content (AvgIpc) is 2.98. The van der Waals surface area contributed by atoms with Crippen molar-refractivity contribution in [2.45, 2.75) is 32.7 Å². The first-order valence-corrected chi connectivity index (χ1v) is 7.73. The van der Waals surface area contributed by atoms with Gasteiger partial charge >= 0.3 is 0 Å². The molecule has 0 aliphatic carbocycles. The molecule has 2 heterocycles. The zero-order valence-corrected chi connectivity index (χ0v) is 13.2. The van der Waals surface area contributed by atoms with Crippen LogP contribution in [0.5, 0.6) is 0 Å². The van der Waals surface area contributed by atoms with E-state index in [1.54, 1.807) is 0 Å². The molecule has 1 atom stereocenters. The van der Waals surface area contributed by atoms with E-state index in [2.05, 4.69) is 40.4 Å². The van der Waals surface area contributed by atoms with Crippen molar-refractivity contribution in [3.8, 4) is 0 Å². The summed E-state index contributed by atoms with van der Waals surface area (Å²) in [6, 6.07) is 2.16. The lowest BCUT2D eigenvalue weighted by Gasteiger charge is -2.13. The maximum Gasteiger partial charge on any atom is 0.267 e. The van der Waals surface area contributed by atoms with E-state index in [9.17, 15) is 4.79 Å². The summed E-state index contributed by atoms with van der Waals surface area (Å²) < 4.78 is 2.95. The largest absolute Gasteiger partial charge is 0.351 e. The van der Waals surface area contributed by atoms with Crippen molar-refractivity contribution in [2.24, 2.45) is 5.92 Å². The molecule has 1 aliphatic heterocycles. The molecule has 106 valence electrons. The van der Waals surface area contributed by atoms with Crippen LogP contribution in [0.2, 0.25) is 0 Å². The summed E-state index contributed by atoms with van der Waals surface area (Å²) in [7, 11) is 0. The van der Waals surface area contributed by atoms with Gasteiger partial charge in [0, 0.05) is 23.3 Å². The highest BCUT2D eigenvalue weighted by Gasteiger charge is 2.17. The van der Waals surface area contributed by atoms with E-state index < -0.39 is 0 Å². The van der Waals surface area contributed by atoms with E-state index in [1.807, 2.05) is 16.8 Å². The first kappa shape index (κ1) is 14.6. The molecule has 5 heteroatoms. The van der Waals surface area contributed by atoms with Crippen LogP contribution in [0.15, 0.2) is 16.7 Å². The number of hydrogen-bond donors (Lipinski definition) is 2. The van der Waals surface area contributed by atoms with Crippen LogP contribution in [-0.4, -0.2) is 30.1 Å². The van der Waals surface area contributed by atoms with E-state index in [-0.39, 0.29) is 11.9 Å². The van der Waals surface area contributed by atoms with E-state index in [1.165, 1.54) is 6.42 Å². The van der Waals surface area contributed by atoms with Gasteiger partial charge in [0.15, 0.2) is 0 Å². The first-order chi connectivity index (χ1) is 9.08. The summed E-state index contributed by atoms with van der Waals surface area (Å²) in [5.41, 5.74) is 0.728. The number of nitrogens with one attached hydrogen (secondary N) is 2. The minimum absolute atomic E-state index is 0.0188. The van der Waals surface area contributed by atoms with Crippen LogP contribution in [0.25, 0.3) is 0 Å². The monoisotopic (exact) mass is 327 g/mol. The lowest BCUT2D eigenvalue weighted by molar-refractivity contribution is 0.0941. The number of hydrogen-bond acceptors (Lipinski definition) is 2.